The van der Waals surface area contributed by atoms with Gasteiger partial charge in [0, 0.05) is 25.6 Å². The van der Waals surface area contributed by atoms with Crippen molar-refractivity contribution in [3.63, 3.8) is 0 Å². The van der Waals surface area contributed by atoms with Crippen LogP contribution >= 0.6 is 0 Å². The molecule has 4 rings (SSSR count). The summed E-state index contributed by atoms with van der Waals surface area (Å²) in [6, 6.07) is 17.9. The predicted molar refractivity (Wildman–Crippen MR) is 99.5 cm³/mol. The minimum absolute atomic E-state index is 0.244. The fraction of sp³-hybridized carbons (Fsp3) is 0.409. The Labute approximate surface area is 154 Å². The third kappa shape index (κ3) is 2.98. The molecular formula is C22H24N2O2. The van der Waals surface area contributed by atoms with Crippen molar-refractivity contribution < 1.29 is 9.84 Å². The van der Waals surface area contributed by atoms with E-state index in [1.165, 1.54) is 0 Å². The van der Waals surface area contributed by atoms with Gasteiger partial charge < -0.3 is 9.84 Å². The topological polar surface area (TPSA) is 56.5 Å². The van der Waals surface area contributed by atoms with E-state index in [0.717, 1.165) is 49.4 Å². The molecule has 2 fully saturated rings. The zero-order chi connectivity index (χ0) is 18.1. The van der Waals surface area contributed by atoms with Crippen LogP contribution in [0.3, 0.4) is 0 Å². The number of rotatable bonds is 4. The van der Waals surface area contributed by atoms with Crippen molar-refractivity contribution in [3.05, 3.63) is 65.2 Å². The van der Waals surface area contributed by atoms with Gasteiger partial charge in [-0.05, 0) is 54.2 Å². The maximum atomic E-state index is 11.5. The van der Waals surface area contributed by atoms with Gasteiger partial charge in [-0.2, -0.15) is 5.26 Å². The van der Waals surface area contributed by atoms with Crippen LogP contribution in [0.1, 0.15) is 29.5 Å². The van der Waals surface area contributed by atoms with Crippen LogP contribution in [0, 0.1) is 23.2 Å². The molecule has 1 aliphatic heterocycles. The van der Waals surface area contributed by atoms with Crippen molar-refractivity contribution in [1.82, 2.24) is 4.90 Å². The van der Waals surface area contributed by atoms with Crippen molar-refractivity contribution in [2.75, 3.05) is 20.2 Å². The molecular weight excluding hydrogens is 324 g/mol. The number of aliphatic hydroxyl groups is 1. The van der Waals surface area contributed by atoms with Gasteiger partial charge in [0.15, 0.2) is 0 Å². The second-order valence-corrected chi connectivity index (χ2v) is 7.57. The SMILES string of the molecule is COc1cccc([C@@]2(O)CC[C@H]3CN(Cc4cccc(C#N)c4)C[C@@H]32)c1. The second kappa shape index (κ2) is 6.75. The Morgan fingerprint density at radius 3 is 2.88 bits per heavy atom. The molecule has 4 heteroatoms. The quantitative estimate of drug-likeness (QED) is 0.921. The second-order valence-electron chi connectivity index (χ2n) is 7.57. The fourth-order valence-corrected chi connectivity index (χ4v) is 4.76. The van der Waals surface area contributed by atoms with Crippen LogP contribution in [-0.2, 0) is 12.1 Å². The van der Waals surface area contributed by atoms with Gasteiger partial charge in [-0.3, -0.25) is 4.90 Å². The lowest BCUT2D eigenvalue weighted by atomic mass is 9.82. The maximum Gasteiger partial charge on any atom is 0.119 e. The van der Waals surface area contributed by atoms with Gasteiger partial charge in [-0.15, -0.1) is 0 Å². The van der Waals surface area contributed by atoms with Gasteiger partial charge in [-0.25, -0.2) is 0 Å². The van der Waals surface area contributed by atoms with Gasteiger partial charge in [0.25, 0.3) is 0 Å². The summed E-state index contributed by atoms with van der Waals surface area (Å²) in [6.07, 6.45) is 1.86. The zero-order valence-electron chi connectivity index (χ0n) is 15.1. The van der Waals surface area contributed by atoms with Crippen molar-refractivity contribution in [2.45, 2.75) is 25.0 Å². The van der Waals surface area contributed by atoms with Gasteiger partial charge >= 0.3 is 0 Å². The first-order chi connectivity index (χ1) is 12.6. The molecule has 1 saturated carbocycles. The molecule has 3 atom stereocenters. The molecule has 0 spiro atoms. The molecule has 0 amide bonds. The first-order valence-electron chi connectivity index (χ1n) is 9.20. The smallest absolute Gasteiger partial charge is 0.119 e. The number of likely N-dealkylation sites (tertiary alicyclic amines) is 1. The Hall–Kier alpha value is -2.35. The molecule has 0 aromatic heterocycles. The Kier molecular flexibility index (Phi) is 4.44. The number of nitrogens with zero attached hydrogens (tertiary/aromatic N) is 2. The minimum Gasteiger partial charge on any atom is -0.497 e. The van der Waals surface area contributed by atoms with E-state index in [0.29, 0.717) is 11.5 Å². The van der Waals surface area contributed by atoms with E-state index in [4.69, 9.17) is 10.00 Å². The fourth-order valence-electron chi connectivity index (χ4n) is 4.76. The normalized spacial score (nSPS) is 27.9. The standard InChI is InChI=1S/C22H24N2O2/c1-26-20-7-3-6-19(11-20)22(25)9-8-18-14-24(15-21(18)22)13-17-5-2-4-16(10-17)12-23/h2-7,10-11,18,21,25H,8-9,13-15H2,1H3/t18-,21-,22-/m0/s1. The number of methoxy groups -OCH3 is 1. The summed E-state index contributed by atoms with van der Waals surface area (Å²) in [5.74, 6) is 1.56. The van der Waals surface area contributed by atoms with Gasteiger partial charge in [-0.1, -0.05) is 24.3 Å². The van der Waals surface area contributed by atoms with E-state index in [2.05, 4.69) is 17.0 Å². The Bertz CT molecular complexity index is 844. The maximum absolute atomic E-state index is 11.5. The summed E-state index contributed by atoms with van der Waals surface area (Å²) in [4.78, 5) is 2.41. The molecule has 134 valence electrons. The Morgan fingerprint density at radius 1 is 1.23 bits per heavy atom. The summed E-state index contributed by atoms with van der Waals surface area (Å²) < 4.78 is 5.34. The molecule has 2 aliphatic rings. The molecule has 1 heterocycles. The minimum atomic E-state index is -0.775. The lowest BCUT2D eigenvalue weighted by Crippen LogP contribution is -2.34. The van der Waals surface area contributed by atoms with Crippen LogP contribution in [0.5, 0.6) is 5.75 Å². The summed E-state index contributed by atoms with van der Waals surface area (Å²) in [5.41, 5.74) is 2.06. The number of nitriles is 1. The number of hydrogen-bond donors (Lipinski definition) is 1. The number of hydrogen-bond acceptors (Lipinski definition) is 4. The summed E-state index contributed by atoms with van der Waals surface area (Å²) in [5, 5.41) is 20.6. The van der Waals surface area contributed by atoms with E-state index in [1.807, 2.05) is 42.5 Å². The zero-order valence-corrected chi connectivity index (χ0v) is 15.1. The Morgan fingerprint density at radius 2 is 2.08 bits per heavy atom. The third-order valence-electron chi connectivity index (χ3n) is 6.06. The lowest BCUT2D eigenvalue weighted by Gasteiger charge is -2.31. The van der Waals surface area contributed by atoms with E-state index >= 15 is 0 Å². The third-order valence-corrected chi connectivity index (χ3v) is 6.06. The van der Waals surface area contributed by atoms with Crippen LogP contribution in [0.2, 0.25) is 0 Å². The Balaban J connectivity index is 1.52. The molecule has 4 nitrogen and oxygen atoms in total. The monoisotopic (exact) mass is 348 g/mol. The van der Waals surface area contributed by atoms with Crippen molar-refractivity contribution in [2.24, 2.45) is 11.8 Å². The summed E-state index contributed by atoms with van der Waals surface area (Å²) in [7, 11) is 1.66. The highest BCUT2D eigenvalue weighted by molar-refractivity contribution is 5.35. The van der Waals surface area contributed by atoms with Crippen molar-refractivity contribution in [1.29, 1.82) is 5.26 Å². The average molecular weight is 348 g/mol. The van der Waals surface area contributed by atoms with Crippen molar-refractivity contribution >= 4 is 0 Å². The van der Waals surface area contributed by atoms with Crippen LogP contribution < -0.4 is 4.74 Å². The van der Waals surface area contributed by atoms with E-state index in [9.17, 15) is 5.11 Å². The summed E-state index contributed by atoms with van der Waals surface area (Å²) >= 11 is 0. The largest absolute Gasteiger partial charge is 0.497 e. The van der Waals surface area contributed by atoms with Crippen LogP contribution in [-0.4, -0.2) is 30.2 Å². The summed E-state index contributed by atoms with van der Waals surface area (Å²) in [6.45, 7) is 2.72. The molecule has 2 aromatic carbocycles. The number of ether oxygens (including phenoxy) is 1. The molecule has 2 aromatic rings. The molecule has 0 bridgehead atoms. The molecule has 0 unspecified atom stereocenters. The van der Waals surface area contributed by atoms with Gasteiger partial charge in [0.2, 0.25) is 0 Å². The van der Waals surface area contributed by atoms with E-state index < -0.39 is 5.60 Å². The van der Waals surface area contributed by atoms with E-state index in [-0.39, 0.29) is 5.92 Å². The average Bonchev–Trinajstić information content (AvgIpc) is 3.22. The van der Waals surface area contributed by atoms with Crippen LogP contribution in [0.15, 0.2) is 48.5 Å². The van der Waals surface area contributed by atoms with Crippen molar-refractivity contribution in [3.8, 4) is 11.8 Å². The molecule has 0 radical (unpaired) electrons. The number of fused-ring (bicyclic) bond motifs is 1. The highest BCUT2D eigenvalue weighted by atomic mass is 16.5. The first-order valence-corrected chi connectivity index (χ1v) is 9.20. The van der Waals surface area contributed by atoms with Crippen LogP contribution in [0.25, 0.3) is 0 Å². The molecule has 1 aliphatic carbocycles. The van der Waals surface area contributed by atoms with E-state index in [1.54, 1.807) is 7.11 Å². The molecule has 1 saturated heterocycles. The van der Waals surface area contributed by atoms with Gasteiger partial charge in [0.05, 0.1) is 24.3 Å². The van der Waals surface area contributed by atoms with Gasteiger partial charge in [0.1, 0.15) is 5.75 Å². The predicted octanol–water partition coefficient (Wildman–Crippen LogP) is 3.30. The molecule has 26 heavy (non-hydrogen) atoms. The highest BCUT2D eigenvalue weighted by Gasteiger charge is 2.52. The lowest BCUT2D eigenvalue weighted by molar-refractivity contribution is -0.00699. The first kappa shape index (κ1) is 17.1. The van der Waals surface area contributed by atoms with Crippen LogP contribution in [0.4, 0.5) is 0 Å². The highest BCUT2D eigenvalue weighted by Crippen LogP contribution is 2.51. The number of benzene rings is 2. The molecule has 1 N–H and O–H groups in total.